The number of benzene rings is 1. The van der Waals surface area contributed by atoms with Gasteiger partial charge in [0.2, 0.25) is 0 Å². The second kappa shape index (κ2) is 6.82. The first-order valence-electron chi connectivity index (χ1n) is 6.97. The highest BCUT2D eigenvalue weighted by Crippen LogP contribution is 2.28. The lowest BCUT2D eigenvalue weighted by Crippen LogP contribution is -2.35. The maximum absolute atomic E-state index is 10.7. The zero-order chi connectivity index (χ0) is 15.4. The van der Waals surface area contributed by atoms with Gasteiger partial charge in [0.15, 0.2) is 5.13 Å². The number of rotatable bonds is 5. The highest BCUT2D eigenvalue weighted by Gasteiger charge is 2.13. The summed E-state index contributed by atoms with van der Waals surface area (Å²) in [4.78, 5) is 16.6. The van der Waals surface area contributed by atoms with Crippen LogP contribution < -0.4 is 5.32 Å². The van der Waals surface area contributed by atoms with Gasteiger partial charge in [0.05, 0.1) is 18.1 Å². The third-order valence-corrected chi connectivity index (χ3v) is 4.23. The molecule has 0 bridgehead atoms. The first-order valence-corrected chi connectivity index (χ1v) is 7.78. The molecule has 2 heterocycles. The molecule has 1 aliphatic rings. The minimum Gasteiger partial charge on any atom is -0.379 e. The molecule has 1 fully saturated rings. The summed E-state index contributed by atoms with van der Waals surface area (Å²) in [5, 5.41) is 14.3. The Morgan fingerprint density at radius 2 is 2.23 bits per heavy atom. The predicted octanol–water partition coefficient (Wildman–Crippen LogP) is 2.63. The molecule has 0 aliphatic carbocycles. The number of aromatic nitrogens is 1. The van der Waals surface area contributed by atoms with Crippen LogP contribution in [0.5, 0.6) is 0 Å². The second-order valence-electron chi connectivity index (χ2n) is 4.97. The molecule has 0 atom stereocenters. The van der Waals surface area contributed by atoms with Crippen molar-refractivity contribution in [1.29, 1.82) is 0 Å². The Morgan fingerprint density at radius 3 is 2.95 bits per heavy atom. The van der Waals surface area contributed by atoms with E-state index in [1.165, 1.54) is 11.8 Å². The van der Waals surface area contributed by atoms with E-state index < -0.39 is 4.92 Å². The third-order valence-electron chi connectivity index (χ3n) is 3.36. The lowest BCUT2D eigenvalue weighted by Gasteiger charge is -2.26. The topological polar surface area (TPSA) is 80.5 Å². The number of hydrogen-bond donors (Lipinski definition) is 1. The number of morpholine rings is 1. The Bertz CT molecular complexity index is 655. The van der Waals surface area contributed by atoms with Gasteiger partial charge in [0.1, 0.15) is 6.20 Å². The zero-order valence-corrected chi connectivity index (χ0v) is 12.7. The number of nitrogens with zero attached hydrogens (tertiary/aromatic N) is 3. The number of nitrogens with one attached hydrogen (secondary N) is 1. The minimum atomic E-state index is -0.433. The monoisotopic (exact) mass is 320 g/mol. The number of anilines is 2. The van der Waals surface area contributed by atoms with Gasteiger partial charge in [-0.05, 0) is 29.0 Å². The molecule has 0 amide bonds. The van der Waals surface area contributed by atoms with E-state index in [0.717, 1.165) is 49.9 Å². The molecule has 3 rings (SSSR count). The van der Waals surface area contributed by atoms with Crippen molar-refractivity contribution in [3.63, 3.8) is 0 Å². The molecule has 0 spiro atoms. The normalized spacial score (nSPS) is 15.6. The van der Waals surface area contributed by atoms with Crippen LogP contribution >= 0.6 is 11.3 Å². The lowest BCUT2D eigenvalue weighted by atomic mass is 10.2. The van der Waals surface area contributed by atoms with E-state index in [4.69, 9.17) is 4.74 Å². The quantitative estimate of drug-likeness (QED) is 0.674. The maximum Gasteiger partial charge on any atom is 0.345 e. The summed E-state index contributed by atoms with van der Waals surface area (Å²) in [5.41, 5.74) is 2.08. The average Bonchev–Trinajstić information content (AvgIpc) is 2.97. The Hall–Kier alpha value is -2.03. The molecular formula is C14H16N4O3S. The Kier molecular flexibility index (Phi) is 4.62. The molecule has 7 nitrogen and oxygen atoms in total. The van der Waals surface area contributed by atoms with Gasteiger partial charge in [-0.15, -0.1) is 0 Å². The van der Waals surface area contributed by atoms with Crippen LogP contribution in [0.25, 0.3) is 0 Å². The van der Waals surface area contributed by atoms with Gasteiger partial charge in [-0.2, -0.15) is 0 Å². The highest BCUT2D eigenvalue weighted by atomic mass is 32.1. The molecule has 1 N–H and O–H groups in total. The number of thiazole rings is 1. The first kappa shape index (κ1) is 14.9. The highest BCUT2D eigenvalue weighted by molar-refractivity contribution is 7.18. The molecule has 116 valence electrons. The molecular weight excluding hydrogens is 304 g/mol. The largest absolute Gasteiger partial charge is 0.379 e. The van der Waals surface area contributed by atoms with Gasteiger partial charge in [-0.25, -0.2) is 4.98 Å². The summed E-state index contributed by atoms with van der Waals surface area (Å²) in [6.45, 7) is 4.31. The van der Waals surface area contributed by atoms with Crippen molar-refractivity contribution in [2.24, 2.45) is 0 Å². The smallest absolute Gasteiger partial charge is 0.345 e. The second-order valence-corrected chi connectivity index (χ2v) is 5.98. The molecule has 0 radical (unpaired) electrons. The van der Waals surface area contributed by atoms with Crippen LogP contribution in [0.15, 0.2) is 30.5 Å². The minimum absolute atomic E-state index is 0.0342. The molecule has 2 aromatic rings. The van der Waals surface area contributed by atoms with Crippen molar-refractivity contribution >= 4 is 27.2 Å². The van der Waals surface area contributed by atoms with E-state index >= 15 is 0 Å². The van der Waals surface area contributed by atoms with E-state index in [1.807, 2.05) is 18.2 Å². The van der Waals surface area contributed by atoms with Crippen LogP contribution in [0.1, 0.15) is 5.56 Å². The molecule has 22 heavy (non-hydrogen) atoms. The van der Waals surface area contributed by atoms with Crippen LogP contribution in [0.3, 0.4) is 0 Å². The van der Waals surface area contributed by atoms with Crippen molar-refractivity contribution in [1.82, 2.24) is 9.88 Å². The SMILES string of the molecule is O=[N+]([O-])c1cnc(Nc2cccc(CN3CCOCC3)c2)s1. The number of hydrogen-bond acceptors (Lipinski definition) is 7. The molecule has 1 aromatic carbocycles. The van der Waals surface area contributed by atoms with E-state index in [0.29, 0.717) is 5.13 Å². The molecule has 1 aliphatic heterocycles. The van der Waals surface area contributed by atoms with Crippen molar-refractivity contribution in [2.45, 2.75) is 6.54 Å². The van der Waals surface area contributed by atoms with Crippen LogP contribution in [0.4, 0.5) is 15.8 Å². The molecule has 0 saturated carbocycles. The molecule has 1 saturated heterocycles. The summed E-state index contributed by atoms with van der Waals surface area (Å²) in [6.07, 6.45) is 1.27. The van der Waals surface area contributed by atoms with Crippen LogP contribution in [-0.4, -0.2) is 41.1 Å². The fourth-order valence-corrected chi connectivity index (χ4v) is 2.95. The predicted molar refractivity (Wildman–Crippen MR) is 84.6 cm³/mol. The van der Waals surface area contributed by atoms with Gasteiger partial charge >= 0.3 is 5.00 Å². The van der Waals surface area contributed by atoms with Gasteiger partial charge < -0.3 is 10.1 Å². The lowest BCUT2D eigenvalue weighted by molar-refractivity contribution is -0.380. The van der Waals surface area contributed by atoms with Crippen molar-refractivity contribution in [2.75, 3.05) is 31.6 Å². The average molecular weight is 320 g/mol. The van der Waals surface area contributed by atoms with Crippen molar-refractivity contribution in [3.05, 3.63) is 46.1 Å². The fourth-order valence-electron chi connectivity index (χ4n) is 2.30. The Balaban J connectivity index is 1.66. The van der Waals surface area contributed by atoms with Crippen LogP contribution in [0, 0.1) is 10.1 Å². The summed E-state index contributed by atoms with van der Waals surface area (Å²) in [5.74, 6) is 0. The molecule has 1 aromatic heterocycles. The van der Waals surface area contributed by atoms with E-state index in [-0.39, 0.29) is 5.00 Å². The summed E-state index contributed by atoms with van der Waals surface area (Å²) < 4.78 is 5.35. The van der Waals surface area contributed by atoms with Gasteiger partial charge in [0, 0.05) is 25.3 Å². The standard InChI is InChI=1S/C14H16N4O3S/c19-18(20)13-9-15-14(22-13)16-12-3-1-2-11(8-12)10-17-4-6-21-7-5-17/h1-3,8-9H,4-7,10H2,(H,15,16). The van der Waals surface area contributed by atoms with Gasteiger partial charge in [-0.3, -0.25) is 15.0 Å². The third kappa shape index (κ3) is 3.79. The maximum atomic E-state index is 10.7. The van der Waals surface area contributed by atoms with E-state index in [1.54, 1.807) is 0 Å². The summed E-state index contributed by atoms with van der Waals surface area (Å²) >= 11 is 1.03. The summed E-state index contributed by atoms with van der Waals surface area (Å²) in [6, 6.07) is 8.02. The van der Waals surface area contributed by atoms with Gasteiger partial charge in [-0.1, -0.05) is 12.1 Å². The van der Waals surface area contributed by atoms with Crippen molar-refractivity contribution in [3.8, 4) is 0 Å². The Morgan fingerprint density at radius 1 is 1.41 bits per heavy atom. The molecule has 8 heteroatoms. The molecule has 0 unspecified atom stereocenters. The summed E-state index contributed by atoms with van der Waals surface area (Å²) in [7, 11) is 0. The number of ether oxygens (including phenoxy) is 1. The fraction of sp³-hybridized carbons (Fsp3) is 0.357. The van der Waals surface area contributed by atoms with E-state index in [9.17, 15) is 10.1 Å². The van der Waals surface area contributed by atoms with Gasteiger partial charge in [0.25, 0.3) is 0 Å². The first-order chi connectivity index (χ1) is 10.7. The number of nitro groups is 1. The Labute approximate surface area is 131 Å². The van der Waals surface area contributed by atoms with E-state index in [2.05, 4.69) is 21.3 Å². The zero-order valence-electron chi connectivity index (χ0n) is 11.9. The van der Waals surface area contributed by atoms with Crippen molar-refractivity contribution < 1.29 is 9.66 Å². The van der Waals surface area contributed by atoms with Crippen LogP contribution in [-0.2, 0) is 11.3 Å². The van der Waals surface area contributed by atoms with Crippen LogP contribution in [0.2, 0.25) is 0 Å².